The molecule has 10 heteroatoms. The Hall–Kier alpha value is -2.39. The number of hydrogen-bond donors (Lipinski definition) is 3. The molecular weight excluding hydrogens is 376 g/mol. The molecule has 3 aromatic rings. The van der Waals surface area contributed by atoms with E-state index in [0.717, 1.165) is 11.1 Å². The molecule has 8 nitrogen and oxygen atoms in total. The summed E-state index contributed by atoms with van der Waals surface area (Å²) in [6.45, 7) is 2.25. The highest BCUT2D eigenvalue weighted by Gasteiger charge is 2.20. The number of fused-ring (bicyclic) bond motifs is 1. The third kappa shape index (κ3) is 3.58. The standard InChI is InChI=1S/C16H19ClN6O2S/c1-10-3-5-11(6-4-10)9-23-14-12(20-16(23)24)13(18)21-15(22-14)26(19,25)8-2-7-17/h3-6,19H,2,7-9H2,1H3,(H,20,24)(H2,18,21,22). The van der Waals surface area contributed by atoms with Gasteiger partial charge in [0.05, 0.1) is 6.54 Å². The molecule has 3 rings (SSSR count). The Morgan fingerprint density at radius 2 is 2.00 bits per heavy atom. The van der Waals surface area contributed by atoms with Gasteiger partial charge in [0.25, 0.3) is 0 Å². The number of aryl methyl sites for hydroxylation is 1. The highest BCUT2D eigenvalue weighted by atomic mass is 35.5. The number of anilines is 1. The highest BCUT2D eigenvalue weighted by Crippen LogP contribution is 2.19. The van der Waals surface area contributed by atoms with Gasteiger partial charge >= 0.3 is 5.69 Å². The van der Waals surface area contributed by atoms with E-state index in [-0.39, 0.29) is 40.3 Å². The first-order valence-electron chi connectivity index (χ1n) is 7.96. The van der Waals surface area contributed by atoms with Crippen LogP contribution in [0.3, 0.4) is 0 Å². The van der Waals surface area contributed by atoms with Crippen molar-refractivity contribution in [2.45, 2.75) is 25.0 Å². The molecule has 4 N–H and O–H groups in total. The molecule has 26 heavy (non-hydrogen) atoms. The molecule has 1 aromatic carbocycles. The Balaban J connectivity index is 2.11. The minimum Gasteiger partial charge on any atom is -0.382 e. The van der Waals surface area contributed by atoms with Crippen molar-refractivity contribution < 1.29 is 4.21 Å². The van der Waals surface area contributed by atoms with Gasteiger partial charge in [0.1, 0.15) is 15.2 Å². The summed E-state index contributed by atoms with van der Waals surface area (Å²) in [5.74, 6) is 0.319. The van der Waals surface area contributed by atoms with Crippen LogP contribution in [0, 0.1) is 11.7 Å². The van der Waals surface area contributed by atoms with E-state index in [9.17, 15) is 9.00 Å². The summed E-state index contributed by atoms with van der Waals surface area (Å²) in [4.78, 5) is 23.2. The van der Waals surface area contributed by atoms with Gasteiger partial charge in [-0.2, -0.15) is 4.98 Å². The summed E-state index contributed by atoms with van der Waals surface area (Å²) >= 11 is 5.63. The fraction of sp³-hybridized carbons (Fsp3) is 0.312. The van der Waals surface area contributed by atoms with Gasteiger partial charge in [-0.05, 0) is 18.9 Å². The Labute approximate surface area is 155 Å². The molecule has 0 fully saturated rings. The second kappa shape index (κ2) is 7.08. The quantitative estimate of drug-likeness (QED) is 0.435. The minimum atomic E-state index is -3.24. The van der Waals surface area contributed by atoms with Gasteiger partial charge in [-0.1, -0.05) is 29.8 Å². The van der Waals surface area contributed by atoms with E-state index in [1.165, 1.54) is 4.57 Å². The van der Waals surface area contributed by atoms with Gasteiger partial charge < -0.3 is 10.7 Å². The smallest absolute Gasteiger partial charge is 0.328 e. The molecule has 2 heterocycles. The van der Waals surface area contributed by atoms with Gasteiger partial charge in [0.2, 0.25) is 5.16 Å². The Morgan fingerprint density at radius 3 is 2.65 bits per heavy atom. The highest BCUT2D eigenvalue weighted by molar-refractivity contribution is 7.92. The van der Waals surface area contributed by atoms with E-state index in [4.69, 9.17) is 22.1 Å². The predicted molar refractivity (Wildman–Crippen MR) is 102 cm³/mol. The summed E-state index contributed by atoms with van der Waals surface area (Å²) in [6.07, 6.45) is 0.397. The lowest BCUT2D eigenvalue weighted by atomic mass is 10.1. The molecule has 1 atom stereocenters. The number of halogens is 1. The third-order valence-corrected chi connectivity index (χ3v) is 5.86. The van der Waals surface area contributed by atoms with Crippen molar-refractivity contribution in [1.29, 1.82) is 4.78 Å². The molecule has 1 unspecified atom stereocenters. The number of alkyl halides is 1. The zero-order chi connectivity index (χ0) is 18.9. The van der Waals surface area contributed by atoms with Crippen molar-refractivity contribution >= 4 is 38.3 Å². The molecule has 2 aromatic heterocycles. The normalized spacial score (nSPS) is 13.8. The van der Waals surface area contributed by atoms with Crippen molar-refractivity contribution in [3.05, 3.63) is 45.9 Å². The van der Waals surface area contributed by atoms with Crippen LogP contribution < -0.4 is 11.4 Å². The molecule has 0 saturated carbocycles. The van der Waals surface area contributed by atoms with Crippen molar-refractivity contribution in [2.75, 3.05) is 17.4 Å². The van der Waals surface area contributed by atoms with Crippen molar-refractivity contribution in [3.8, 4) is 0 Å². The molecule has 0 spiro atoms. The van der Waals surface area contributed by atoms with E-state index in [0.29, 0.717) is 6.42 Å². The molecule has 138 valence electrons. The summed E-state index contributed by atoms with van der Waals surface area (Å²) in [7, 11) is -3.24. The Morgan fingerprint density at radius 1 is 1.31 bits per heavy atom. The summed E-state index contributed by atoms with van der Waals surface area (Å²) in [6, 6.07) is 7.74. The van der Waals surface area contributed by atoms with Gasteiger partial charge in [-0.15, -0.1) is 11.6 Å². The van der Waals surface area contributed by atoms with Crippen LogP contribution in [0.2, 0.25) is 0 Å². The summed E-state index contributed by atoms with van der Waals surface area (Å²) < 4.78 is 22.0. The molecule has 0 amide bonds. The molecule has 0 radical (unpaired) electrons. The van der Waals surface area contributed by atoms with Crippen LogP contribution >= 0.6 is 11.6 Å². The van der Waals surface area contributed by atoms with Crippen LogP contribution in [0.15, 0.2) is 34.2 Å². The van der Waals surface area contributed by atoms with Gasteiger partial charge in [0.15, 0.2) is 11.5 Å². The van der Waals surface area contributed by atoms with Crippen LogP contribution in [0.25, 0.3) is 11.2 Å². The number of H-pyrrole nitrogens is 1. The fourth-order valence-corrected chi connectivity index (χ4v) is 4.06. The van der Waals surface area contributed by atoms with E-state index in [2.05, 4.69) is 15.0 Å². The molecule has 0 aliphatic rings. The van der Waals surface area contributed by atoms with Crippen LogP contribution in [0.1, 0.15) is 17.5 Å². The number of imidazole rings is 1. The van der Waals surface area contributed by atoms with E-state index in [1.807, 2.05) is 31.2 Å². The molecule has 0 aliphatic carbocycles. The van der Waals surface area contributed by atoms with Gasteiger partial charge in [-0.25, -0.2) is 18.8 Å². The average molecular weight is 395 g/mol. The molecule has 0 saturated heterocycles. The number of nitrogens with two attached hydrogens (primary N) is 1. The topological polar surface area (TPSA) is 131 Å². The largest absolute Gasteiger partial charge is 0.382 e. The Bertz CT molecular complexity index is 1100. The second-order valence-corrected chi connectivity index (χ2v) is 8.52. The predicted octanol–water partition coefficient (Wildman–Crippen LogP) is 2.09. The molecule has 0 bridgehead atoms. The first-order valence-corrected chi connectivity index (χ1v) is 10.2. The number of nitrogen functional groups attached to an aromatic ring is 1. The van der Waals surface area contributed by atoms with Crippen molar-refractivity contribution in [3.63, 3.8) is 0 Å². The number of aromatic nitrogens is 4. The van der Waals surface area contributed by atoms with Crippen molar-refractivity contribution in [2.24, 2.45) is 0 Å². The van der Waals surface area contributed by atoms with E-state index >= 15 is 0 Å². The number of hydrogen-bond acceptors (Lipinski definition) is 6. The van der Waals surface area contributed by atoms with Crippen LogP contribution in [-0.4, -0.2) is 35.4 Å². The van der Waals surface area contributed by atoms with E-state index < -0.39 is 15.4 Å². The first-order chi connectivity index (χ1) is 12.3. The number of nitrogens with one attached hydrogen (secondary N) is 2. The van der Waals surface area contributed by atoms with Crippen LogP contribution in [0.4, 0.5) is 5.82 Å². The number of aromatic amines is 1. The number of nitrogens with zero attached hydrogens (tertiary/aromatic N) is 3. The second-order valence-electron chi connectivity index (χ2n) is 6.01. The summed E-state index contributed by atoms with van der Waals surface area (Å²) in [5, 5.41) is -0.177. The Kier molecular flexibility index (Phi) is 5.01. The van der Waals surface area contributed by atoms with Gasteiger partial charge in [0, 0.05) is 11.6 Å². The monoisotopic (exact) mass is 394 g/mol. The number of rotatable bonds is 6. The van der Waals surface area contributed by atoms with Crippen molar-refractivity contribution in [1.82, 2.24) is 19.5 Å². The minimum absolute atomic E-state index is 0.00407. The first kappa shape index (κ1) is 18.4. The maximum atomic E-state index is 12.6. The maximum absolute atomic E-state index is 12.6. The fourth-order valence-electron chi connectivity index (χ4n) is 2.55. The molecule has 0 aliphatic heterocycles. The zero-order valence-corrected chi connectivity index (χ0v) is 15.7. The van der Waals surface area contributed by atoms with E-state index in [1.54, 1.807) is 0 Å². The third-order valence-electron chi connectivity index (χ3n) is 3.95. The molecular formula is C16H19ClN6O2S. The van der Waals surface area contributed by atoms with Crippen LogP contribution in [-0.2, 0) is 16.3 Å². The lowest BCUT2D eigenvalue weighted by molar-refractivity contribution is 0.665. The lowest BCUT2D eigenvalue weighted by Gasteiger charge is -2.08. The summed E-state index contributed by atoms with van der Waals surface area (Å²) in [5.41, 5.74) is 8.05. The zero-order valence-electron chi connectivity index (χ0n) is 14.2. The maximum Gasteiger partial charge on any atom is 0.328 e. The SMILES string of the molecule is Cc1ccc(Cn2c(=O)[nH]c3c(N)nc(S(=N)(=O)CCCCl)nc32)cc1. The number of benzene rings is 1. The van der Waals surface area contributed by atoms with Crippen LogP contribution in [0.5, 0.6) is 0 Å². The van der Waals surface area contributed by atoms with Gasteiger partial charge in [-0.3, -0.25) is 4.57 Å². The average Bonchev–Trinajstić information content (AvgIpc) is 2.92. The lowest BCUT2D eigenvalue weighted by Crippen LogP contribution is -2.18.